The molecule has 1 rings (SSSR count). The lowest BCUT2D eigenvalue weighted by atomic mass is 10.4. The number of hydrogen-bond acceptors (Lipinski definition) is 4. The summed E-state index contributed by atoms with van der Waals surface area (Å²) in [5.74, 6) is 1.71. The Morgan fingerprint density at radius 3 is 2.60 bits per heavy atom. The molecule has 6 nitrogen and oxygen atoms in total. The third-order valence-electron chi connectivity index (χ3n) is 3.29. The predicted octanol–water partition coefficient (Wildman–Crippen LogP) is 3.57. The largest absolute Gasteiger partial charge is 0.467 e. The number of halogens is 1. The Balaban J connectivity index is 0.00000576. The Kier molecular flexibility index (Phi) is 17.4. The van der Waals surface area contributed by atoms with Crippen LogP contribution in [0, 0.1) is 0 Å². The van der Waals surface area contributed by atoms with Crippen molar-refractivity contribution in [3.63, 3.8) is 0 Å². The SMILES string of the molecule is CCCCOCCCNC(=NCCCOCc1ccco1)NCC.I. The molecular weight excluding hydrogens is 433 g/mol. The first kappa shape index (κ1) is 24.2. The second kappa shape index (κ2) is 18.0. The van der Waals surface area contributed by atoms with E-state index in [0.717, 1.165) is 63.8 Å². The van der Waals surface area contributed by atoms with Gasteiger partial charge in [-0.05, 0) is 38.3 Å². The van der Waals surface area contributed by atoms with Crippen LogP contribution in [0.15, 0.2) is 27.8 Å². The van der Waals surface area contributed by atoms with Gasteiger partial charge in [0, 0.05) is 39.5 Å². The standard InChI is InChI=1S/C18H33N3O3.HI/c1-3-5-12-22-13-7-10-20-18(19-4-2)21-11-8-14-23-16-17-9-6-15-24-17;/h6,9,15H,3-5,7-8,10-14,16H2,1-2H3,(H2,19,20,21);1H. The van der Waals surface area contributed by atoms with Crippen LogP contribution in [0.2, 0.25) is 0 Å². The summed E-state index contributed by atoms with van der Waals surface area (Å²) in [7, 11) is 0. The highest BCUT2D eigenvalue weighted by molar-refractivity contribution is 14.0. The number of aliphatic imine (C=N–C) groups is 1. The zero-order chi connectivity index (χ0) is 17.3. The van der Waals surface area contributed by atoms with Crippen molar-refractivity contribution in [2.45, 2.75) is 46.1 Å². The first-order valence-corrected chi connectivity index (χ1v) is 9.06. The van der Waals surface area contributed by atoms with Gasteiger partial charge in [-0.25, -0.2) is 0 Å². The number of nitrogens with one attached hydrogen (secondary N) is 2. The van der Waals surface area contributed by atoms with Crippen LogP contribution < -0.4 is 10.6 Å². The van der Waals surface area contributed by atoms with Crippen molar-refractivity contribution in [2.24, 2.45) is 4.99 Å². The van der Waals surface area contributed by atoms with Crippen molar-refractivity contribution in [1.29, 1.82) is 0 Å². The van der Waals surface area contributed by atoms with E-state index in [1.165, 1.54) is 6.42 Å². The first-order valence-electron chi connectivity index (χ1n) is 9.06. The molecular formula is C18H34IN3O3. The van der Waals surface area contributed by atoms with Gasteiger partial charge in [-0.1, -0.05) is 13.3 Å². The number of nitrogens with zero attached hydrogens (tertiary/aromatic N) is 1. The Labute approximate surface area is 169 Å². The summed E-state index contributed by atoms with van der Waals surface area (Å²) in [6, 6.07) is 3.78. The number of unbranched alkanes of at least 4 members (excludes halogenated alkanes) is 1. The quantitative estimate of drug-likeness (QED) is 0.190. The van der Waals surface area contributed by atoms with Crippen LogP contribution in [0.3, 0.4) is 0 Å². The lowest BCUT2D eigenvalue weighted by Crippen LogP contribution is -2.38. The molecule has 0 aromatic carbocycles. The molecule has 0 aliphatic rings. The molecule has 146 valence electrons. The lowest BCUT2D eigenvalue weighted by molar-refractivity contribution is 0.105. The highest BCUT2D eigenvalue weighted by atomic mass is 127. The molecule has 0 radical (unpaired) electrons. The maximum absolute atomic E-state index is 5.55. The maximum atomic E-state index is 5.55. The molecule has 25 heavy (non-hydrogen) atoms. The van der Waals surface area contributed by atoms with Gasteiger partial charge in [0.2, 0.25) is 0 Å². The Hall–Kier alpha value is -0.800. The normalized spacial score (nSPS) is 11.2. The number of ether oxygens (including phenoxy) is 2. The summed E-state index contributed by atoms with van der Waals surface area (Å²) in [4.78, 5) is 4.55. The van der Waals surface area contributed by atoms with Crippen molar-refractivity contribution >= 4 is 29.9 Å². The highest BCUT2D eigenvalue weighted by Gasteiger charge is 1.98. The smallest absolute Gasteiger partial charge is 0.191 e. The maximum Gasteiger partial charge on any atom is 0.191 e. The molecule has 0 aliphatic carbocycles. The molecule has 0 fully saturated rings. The van der Waals surface area contributed by atoms with E-state index in [9.17, 15) is 0 Å². The van der Waals surface area contributed by atoms with Gasteiger partial charge < -0.3 is 24.5 Å². The molecule has 0 bridgehead atoms. The Morgan fingerprint density at radius 2 is 1.88 bits per heavy atom. The number of furan rings is 1. The number of hydrogen-bond donors (Lipinski definition) is 2. The van der Waals surface area contributed by atoms with Gasteiger partial charge in [0.25, 0.3) is 0 Å². The van der Waals surface area contributed by atoms with Crippen LogP contribution in [0.25, 0.3) is 0 Å². The van der Waals surface area contributed by atoms with Crippen LogP contribution in [-0.4, -0.2) is 45.4 Å². The molecule has 0 saturated heterocycles. The Morgan fingerprint density at radius 1 is 1.08 bits per heavy atom. The van der Waals surface area contributed by atoms with Gasteiger partial charge in [0.05, 0.1) is 6.26 Å². The van der Waals surface area contributed by atoms with E-state index >= 15 is 0 Å². The van der Waals surface area contributed by atoms with Gasteiger partial charge >= 0.3 is 0 Å². The van der Waals surface area contributed by atoms with Crippen molar-refractivity contribution < 1.29 is 13.9 Å². The van der Waals surface area contributed by atoms with E-state index in [2.05, 4.69) is 29.5 Å². The molecule has 1 heterocycles. The Bertz CT molecular complexity index is 414. The van der Waals surface area contributed by atoms with E-state index in [4.69, 9.17) is 13.9 Å². The fourth-order valence-electron chi connectivity index (χ4n) is 2.00. The van der Waals surface area contributed by atoms with Crippen molar-refractivity contribution in [1.82, 2.24) is 10.6 Å². The third kappa shape index (κ3) is 14.1. The molecule has 2 N–H and O–H groups in total. The minimum absolute atomic E-state index is 0. The lowest BCUT2D eigenvalue weighted by Gasteiger charge is -2.11. The molecule has 0 atom stereocenters. The predicted molar refractivity (Wildman–Crippen MR) is 113 cm³/mol. The van der Waals surface area contributed by atoms with E-state index in [1.807, 2.05) is 12.1 Å². The van der Waals surface area contributed by atoms with Crippen molar-refractivity contribution in [2.75, 3.05) is 39.5 Å². The van der Waals surface area contributed by atoms with Gasteiger partial charge in [-0.15, -0.1) is 24.0 Å². The average molecular weight is 467 g/mol. The monoisotopic (exact) mass is 467 g/mol. The van der Waals surface area contributed by atoms with E-state index < -0.39 is 0 Å². The third-order valence-corrected chi connectivity index (χ3v) is 3.29. The highest BCUT2D eigenvalue weighted by Crippen LogP contribution is 2.01. The second-order valence-electron chi connectivity index (χ2n) is 5.49. The summed E-state index contributed by atoms with van der Waals surface area (Å²) in [6.45, 7) is 9.56. The van der Waals surface area contributed by atoms with Crippen LogP contribution in [0.5, 0.6) is 0 Å². The van der Waals surface area contributed by atoms with Gasteiger partial charge in [-0.2, -0.15) is 0 Å². The summed E-state index contributed by atoms with van der Waals surface area (Å²) in [6.07, 6.45) is 5.85. The zero-order valence-electron chi connectivity index (χ0n) is 15.6. The fraction of sp³-hybridized carbons (Fsp3) is 0.722. The van der Waals surface area contributed by atoms with E-state index in [-0.39, 0.29) is 24.0 Å². The summed E-state index contributed by atoms with van der Waals surface area (Å²) in [5.41, 5.74) is 0. The summed E-state index contributed by atoms with van der Waals surface area (Å²) in [5, 5.41) is 6.58. The first-order chi connectivity index (χ1) is 11.9. The zero-order valence-corrected chi connectivity index (χ0v) is 17.9. The molecule has 1 aromatic rings. The second-order valence-corrected chi connectivity index (χ2v) is 5.49. The topological polar surface area (TPSA) is 68.0 Å². The van der Waals surface area contributed by atoms with Crippen molar-refractivity contribution in [3.8, 4) is 0 Å². The molecule has 0 saturated carbocycles. The van der Waals surface area contributed by atoms with Crippen LogP contribution in [-0.2, 0) is 16.1 Å². The van der Waals surface area contributed by atoms with Crippen LogP contribution in [0.1, 0.15) is 45.3 Å². The molecule has 0 aliphatic heterocycles. The number of guanidine groups is 1. The molecule has 0 unspecified atom stereocenters. The molecule has 0 amide bonds. The molecule has 0 spiro atoms. The average Bonchev–Trinajstić information content (AvgIpc) is 3.10. The fourth-order valence-corrected chi connectivity index (χ4v) is 2.00. The van der Waals surface area contributed by atoms with Gasteiger partial charge in [-0.3, -0.25) is 4.99 Å². The number of rotatable bonds is 14. The summed E-state index contributed by atoms with van der Waals surface area (Å²) >= 11 is 0. The van der Waals surface area contributed by atoms with Crippen LogP contribution >= 0.6 is 24.0 Å². The summed E-state index contributed by atoms with van der Waals surface area (Å²) < 4.78 is 16.3. The molecule has 1 aromatic heterocycles. The van der Waals surface area contributed by atoms with E-state index in [0.29, 0.717) is 13.2 Å². The van der Waals surface area contributed by atoms with Gasteiger partial charge in [0.15, 0.2) is 5.96 Å². The van der Waals surface area contributed by atoms with Crippen molar-refractivity contribution in [3.05, 3.63) is 24.2 Å². The van der Waals surface area contributed by atoms with Gasteiger partial charge in [0.1, 0.15) is 12.4 Å². The van der Waals surface area contributed by atoms with Crippen LogP contribution in [0.4, 0.5) is 0 Å². The molecule has 7 heteroatoms. The minimum Gasteiger partial charge on any atom is -0.467 e. The minimum atomic E-state index is 0. The van der Waals surface area contributed by atoms with E-state index in [1.54, 1.807) is 6.26 Å².